The fourth-order valence-electron chi connectivity index (χ4n) is 3.61. The molecule has 0 unspecified atom stereocenters. The van der Waals surface area contributed by atoms with Crippen LogP contribution in [0.1, 0.15) is 33.6 Å². The van der Waals surface area contributed by atoms with Crippen LogP contribution in [0.2, 0.25) is 10.0 Å². The summed E-state index contributed by atoms with van der Waals surface area (Å²) in [6.45, 7) is 1.89. The van der Waals surface area contributed by atoms with Crippen molar-refractivity contribution >= 4 is 45.7 Å². The second kappa shape index (κ2) is 7.02. The van der Waals surface area contributed by atoms with Crippen molar-refractivity contribution in [2.75, 3.05) is 12.4 Å². The summed E-state index contributed by atoms with van der Waals surface area (Å²) >= 11 is 12.4. The van der Waals surface area contributed by atoms with Crippen LogP contribution < -0.4 is 10.1 Å². The molecular weight excluding hydrogens is 383 g/mol. The number of halogens is 2. The predicted octanol–water partition coefficient (Wildman–Crippen LogP) is 5.60. The third-order valence-corrected chi connectivity index (χ3v) is 5.57. The molecule has 1 heterocycles. The monoisotopic (exact) mass is 400 g/mol. The Morgan fingerprint density at radius 3 is 2.78 bits per heavy atom. The van der Waals surface area contributed by atoms with E-state index in [9.17, 15) is 4.79 Å². The molecule has 3 aromatic rings. The zero-order valence-corrected chi connectivity index (χ0v) is 16.5. The number of nitrogens with zero attached hydrogens (tertiary/aromatic N) is 1. The number of benzene rings is 2. The smallest absolute Gasteiger partial charge is 0.256 e. The van der Waals surface area contributed by atoms with E-state index < -0.39 is 0 Å². The van der Waals surface area contributed by atoms with Crippen molar-refractivity contribution in [3.8, 4) is 5.75 Å². The van der Waals surface area contributed by atoms with Crippen molar-refractivity contribution in [3.63, 3.8) is 0 Å². The minimum absolute atomic E-state index is 0.192. The van der Waals surface area contributed by atoms with Crippen LogP contribution >= 0.6 is 23.2 Å². The average Bonchev–Trinajstić information content (AvgIpc) is 3.10. The third-order valence-electron chi connectivity index (χ3n) is 4.93. The number of ether oxygens (including phenoxy) is 1. The van der Waals surface area contributed by atoms with Crippen LogP contribution in [0.4, 0.5) is 5.69 Å². The zero-order chi connectivity index (χ0) is 19.1. The van der Waals surface area contributed by atoms with Gasteiger partial charge in [-0.05, 0) is 61.6 Å². The fraction of sp³-hybridized carbons (Fsp3) is 0.238. The van der Waals surface area contributed by atoms with Gasteiger partial charge in [0, 0.05) is 27.2 Å². The summed E-state index contributed by atoms with van der Waals surface area (Å²) in [7, 11) is 1.55. The lowest BCUT2D eigenvalue weighted by molar-refractivity contribution is 0.102. The lowest BCUT2D eigenvalue weighted by Gasteiger charge is -2.15. The summed E-state index contributed by atoms with van der Waals surface area (Å²) < 4.78 is 5.38. The molecule has 1 N–H and O–H groups in total. The molecule has 1 aliphatic carbocycles. The topological polar surface area (TPSA) is 51.2 Å². The van der Waals surface area contributed by atoms with Crippen LogP contribution in [0.3, 0.4) is 0 Å². The van der Waals surface area contributed by atoms with Gasteiger partial charge >= 0.3 is 0 Å². The molecule has 27 heavy (non-hydrogen) atoms. The number of aryl methyl sites for hydroxylation is 2. The molecule has 0 spiro atoms. The van der Waals surface area contributed by atoms with Crippen LogP contribution in [0.15, 0.2) is 30.3 Å². The maximum Gasteiger partial charge on any atom is 0.256 e. The Hall–Kier alpha value is -2.30. The number of fused-ring (bicyclic) bond motifs is 2. The number of methoxy groups -OCH3 is 1. The molecule has 0 fully saturated rings. The molecule has 0 bridgehead atoms. The summed E-state index contributed by atoms with van der Waals surface area (Å²) in [5, 5.41) is 4.93. The highest BCUT2D eigenvalue weighted by Gasteiger charge is 2.24. The summed E-state index contributed by atoms with van der Waals surface area (Å²) in [5.41, 5.74) is 4.87. The number of hydrogen-bond donors (Lipinski definition) is 1. The number of pyridine rings is 1. The molecule has 1 aliphatic rings. The number of anilines is 1. The van der Waals surface area contributed by atoms with Gasteiger partial charge in [-0.25, -0.2) is 0 Å². The van der Waals surface area contributed by atoms with Gasteiger partial charge in [-0.1, -0.05) is 23.2 Å². The number of hydrogen-bond acceptors (Lipinski definition) is 3. The Balaban J connectivity index is 1.84. The molecule has 1 amide bonds. The number of amides is 1. The van der Waals surface area contributed by atoms with Crippen molar-refractivity contribution in [2.45, 2.75) is 26.2 Å². The second-order valence-corrected chi connectivity index (χ2v) is 7.53. The van der Waals surface area contributed by atoms with Gasteiger partial charge in [0.05, 0.1) is 23.9 Å². The summed E-state index contributed by atoms with van der Waals surface area (Å²) in [5.74, 6) is 0.329. The first-order valence-corrected chi connectivity index (χ1v) is 9.50. The molecule has 0 saturated heterocycles. The third kappa shape index (κ3) is 3.24. The van der Waals surface area contributed by atoms with Crippen molar-refractivity contribution in [1.29, 1.82) is 0 Å². The van der Waals surface area contributed by atoms with E-state index in [0.717, 1.165) is 47.0 Å². The number of carbonyl (C=O) groups excluding carboxylic acids is 1. The quantitative estimate of drug-likeness (QED) is 0.622. The number of nitrogens with one attached hydrogen (secondary N) is 1. The highest BCUT2D eigenvalue weighted by molar-refractivity contribution is 6.32. The van der Waals surface area contributed by atoms with E-state index in [1.165, 1.54) is 0 Å². The van der Waals surface area contributed by atoms with E-state index in [2.05, 4.69) is 5.32 Å². The lowest BCUT2D eigenvalue weighted by atomic mass is 10.0. The van der Waals surface area contributed by atoms with Gasteiger partial charge in [0.2, 0.25) is 0 Å². The van der Waals surface area contributed by atoms with Gasteiger partial charge in [-0.3, -0.25) is 9.78 Å². The largest absolute Gasteiger partial charge is 0.495 e. The van der Waals surface area contributed by atoms with Gasteiger partial charge in [0.25, 0.3) is 5.91 Å². The molecule has 4 rings (SSSR count). The highest BCUT2D eigenvalue weighted by atomic mass is 35.5. The van der Waals surface area contributed by atoms with Gasteiger partial charge in [-0.15, -0.1) is 0 Å². The molecule has 4 nitrogen and oxygen atoms in total. The molecule has 2 aromatic carbocycles. The first kappa shape index (κ1) is 18.1. The maximum absolute atomic E-state index is 13.3. The minimum atomic E-state index is -0.192. The van der Waals surface area contributed by atoms with Gasteiger partial charge in [0.1, 0.15) is 5.75 Å². The van der Waals surface area contributed by atoms with Gasteiger partial charge in [0.15, 0.2) is 0 Å². The van der Waals surface area contributed by atoms with E-state index in [4.69, 9.17) is 32.9 Å². The zero-order valence-electron chi connectivity index (χ0n) is 15.0. The SMILES string of the molecule is COc1cc(Cl)c(C)cc1NC(=O)c1c2c(nc3ccc(Cl)cc13)CCC2. The summed E-state index contributed by atoms with van der Waals surface area (Å²) in [4.78, 5) is 18.0. The fourth-order valence-corrected chi connectivity index (χ4v) is 3.93. The molecular formula is C21H18Cl2N2O2. The predicted molar refractivity (Wildman–Crippen MR) is 109 cm³/mol. The molecule has 0 saturated carbocycles. The second-order valence-electron chi connectivity index (χ2n) is 6.68. The number of carbonyl (C=O) groups is 1. The maximum atomic E-state index is 13.3. The lowest BCUT2D eigenvalue weighted by Crippen LogP contribution is -2.16. The van der Waals surface area contributed by atoms with E-state index in [1.54, 1.807) is 19.2 Å². The Kier molecular flexibility index (Phi) is 4.70. The summed E-state index contributed by atoms with van der Waals surface area (Å²) in [6, 6.07) is 8.99. The number of aromatic nitrogens is 1. The van der Waals surface area contributed by atoms with Crippen molar-refractivity contribution < 1.29 is 9.53 Å². The van der Waals surface area contributed by atoms with Gasteiger partial charge < -0.3 is 10.1 Å². The van der Waals surface area contributed by atoms with Crippen LogP contribution in [0, 0.1) is 6.92 Å². The van der Waals surface area contributed by atoms with Crippen molar-refractivity contribution in [1.82, 2.24) is 4.98 Å². The molecule has 1 aromatic heterocycles. The highest BCUT2D eigenvalue weighted by Crippen LogP contribution is 2.34. The van der Waals surface area contributed by atoms with E-state index >= 15 is 0 Å². The minimum Gasteiger partial charge on any atom is -0.495 e. The molecule has 6 heteroatoms. The molecule has 0 atom stereocenters. The molecule has 0 aliphatic heterocycles. The average molecular weight is 401 g/mol. The normalized spacial score (nSPS) is 12.9. The first-order chi connectivity index (χ1) is 13.0. The Morgan fingerprint density at radius 2 is 2.00 bits per heavy atom. The Labute approximate surface area is 167 Å². The first-order valence-electron chi connectivity index (χ1n) is 8.74. The Morgan fingerprint density at radius 1 is 1.19 bits per heavy atom. The van der Waals surface area contributed by atoms with Crippen molar-refractivity contribution in [3.05, 3.63) is 62.8 Å². The molecule has 138 valence electrons. The van der Waals surface area contributed by atoms with Crippen LogP contribution in [-0.2, 0) is 12.8 Å². The van der Waals surface area contributed by atoms with E-state index in [-0.39, 0.29) is 5.91 Å². The van der Waals surface area contributed by atoms with Crippen molar-refractivity contribution in [2.24, 2.45) is 0 Å². The summed E-state index contributed by atoms with van der Waals surface area (Å²) in [6.07, 6.45) is 2.72. The molecule has 0 radical (unpaired) electrons. The van der Waals surface area contributed by atoms with Gasteiger partial charge in [-0.2, -0.15) is 0 Å². The standard InChI is InChI=1S/C21H18Cl2N2O2/c1-11-8-18(19(27-2)10-15(11)23)25-21(26)20-13-4-3-5-16(13)24-17-7-6-12(22)9-14(17)20/h6-10H,3-5H2,1-2H3,(H,25,26). The van der Waals surface area contributed by atoms with E-state index in [0.29, 0.717) is 27.0 Å². The van der Waals surface area contributed by atoms with Crippen LogP contribution in [0.5, 0.6) is 5.75 Å². The van der Waals surface area contributed by atoms with Crippen LogP contribution in [0.25, 0.3) is 10.9 Å². The van der Waals surface area contributed by atoms with Crippen LogP contribution in [-0.4, -0.2) is 18.0 Å². The number of rotatable bonds is 3. The van der Waals surface area contributed by atoms with E-state index in [1.807, 2.05) is 25.1 Å². The Bertz CT molecular complexity index is 1080.